The molecule has 82 valence electrons. The van der Waals surface area contributed by atoms with E-state index in [1.165, 1.54) is 0 Å². The largest absolute Gasteiger partial charge is 0.272 e. The fourth-order valence-electron chi connectivity index (χ4n) is 1.51. The van der Waals surface area contributed by atoms with Gasteiger partial charge in [0, 0.05) is 6.21 Å². The Balaban J connectivity index is 2.86. The first-order valence-electron chi connectivity index (χ1n) is 5.00. The maximum Gasteiger partial charge on any atom is 0.272 e. The van der Waals surface area contributed by atoms with E-state index >= 15 is 0 Å². The van der Waals surface area contributed by atoms with Crippen molar-refractivity contribution in [1.82, 2.24) is 10.2 Å². The number of hydrogen-bond acceptors (Lipinski definition) is 3. The van der Waals surface area contributed by atoms with E-state index in [4.69, 9.17) is 0 Å². The molecule has 0 saturated heterocycles. The summed E-state index contributed by atoms with van der Waals surface area (Å²) >= 11 is 0. The summed E-state index contributed by atoms with van der Waals surface area (Å²) in [6, 6.07) is 5.02. The molecule has 2 N–H and O–H groups in total. The molecule has 2 rings (SSSR count). The van der Waals surface area contributed by atoms with Gasteiger partial charge in [0.25, 0.3) is 11.1 Å². The zero-order chi connectivity index (χ0) is 11.5. The summed E-state index contributed by atoms with van der Waals surface area (Å²) < 4.78 is 0. The zero-order valence-corrected chi connectivity index (χ0v) is 8.78. The Bertz CT molecular complexity index is 652. The summed E-state index contributed by atoms with van der Waals surface area (Å²) in [7, 11) is 0. The fourth-order valence-corrected chi connectivity index (χ4v) is 1.51. The van der Waals surface area contributed by atoms with Crippen molar-refractivity contribution in [2.45, 2.75) is 13.3 Å². The summed E-state index contributed by atoms with van der Waals surface area (Å²) in [6.07, 6.45) is 2.48. The highest BCUT2D eigenvalue weighted by Gasteiger charge is 2.06. The lowest BCUT2D eigenvalue weighted by Crippen LogP contribution is -2.18. The summed E-state index contributed by atoms with van der Waals surface area (Å²) in [5.74, 6) is 0. The minimum absolute atomic E-state index is 0.317. The predicted octanol–water partition coefficient (Wildman–Crippen LogP) is 1.33. The van der Waals surface area contributed by atoms with Gasteiger partial charge in [-0.05, 0) is 18.6 Å². The first-order chi connectivity index (χ1) is 7.74. The molecule has 1 aromatic heterocycles. The van der Waals surface area contributed by atoms with Crippen LogP contribution in [0, 0.1) is 0 Å². The molecule has 0 radical (unpaired) electrons. The molecule has 0 saturated carbocycles. The Morgan fingerprint density at radius 2 is 2.00 bits per heavy atom. The Labute approximate surface area is 90.8 Å². The van der Waals surface area contributed by atoms with Crippen LogP contribution in [0.15, 0.2) is 32.8 Å². The van der Waals surface area contributed by atoms with Crippen molar-refractivity contribution in [3.8, 4) is 0 Å². The Morgan fingerprint density at radius 1 is 1.25 bits per heavy atom. The van der Waals surface area contributed by atoms with Crippen molar-refractivity contribution in [3.05, 3.63) is 38.9 Å². The monoisotopic (exact) mass is 217 g/mol. The third-order valence-electron chi connectivity index (χ3n) is 2.22. The van der Waals surface area contributed by atoms with Gasteiger partial charge in [-0.1, -0.05) is 13.0 Å². The molecule has 0 atom stereocenters. The maximum absolute atomic E-state index is 11.6. The Morgan fingerprint density at radius 3 is 2.75 bits per heavy atom. The number of aromatic amines is 2. The van der Waals surface area contributed by atoms with Gasteiger partial charge in [-0.25, -0.2) is 0 Å². The molecule has 5 heteroatoms. The average Bonchev–Trinajstić information content (AvgIpc) is 2.31. The highest BCUT2D eigenvalue weighted by atomic mass is 16.1. The molecule has 0 unspecified atom stereocenters. The van der Waals surface area contributed by atoms with Crippen molar-refractivity contribution >= 4 is 22.7 Å². The van der Waals surface area contributed by atoms with Crippen molar-refractivity contribution in [3.63, 3.8) is 0 Å². The smallest absolute Gasteiger partial charge is 0.267 e. The molecule has 5 nitrogen and oxygen atoms in total. The van der Waals surface area contributed by atoms with E-state index in [9.17, 15) is 9.59 Å². The molecule has 0 bridgehead atoms. The second-order valence-electron chi connectivity index (χ2n) is 3.33. The van der Waals surface area contributed by atoms with Crippen LogP contribution < -0.4 is 11.1 Å². The zero-order valence-electron chi connectivity index (χ0n) is 8.78. The summed E-state index contributed by atoms with van der Waals surface area (Å²) in [5.41, 5.74) is -0.131. The van der Waals surface area contributed by atoms with Crippen LogP contribution in [-0.4, -0.2) is 16.4 Å². The lowest BCUT2D eigenvalue weighted by molar-refractivity contribution is 0.976. The van der Waals surface area contributed by atoms with Crippen molar-refractivity contribution < 1.29 is 0 Å². The lowest BCUT2D eigenvalue weighted by Gasteiger charge is -1.99. The minimum atomic E-state index is -0.335. The van der Waals surface area contributed by atoms with E-state index in [0.717, 1.165) is 6.42 Å². The topological polar surface area (TPSA) is 78.1 Å². The highest BCUT2D eigenvalue weighted by molar-refractivity contribution is 5.92. The number of aliphatic imine (C=N–C) groups is 1. The van der Waals surface area contributed by atoms with Gasteiger partial charge in [0.05, 0.1) is 16.5 Å². The van der Waals surface area contributed by atoms with Gasteiger partial charge in [0.15, 0.2) is 0 Å². The van der Waals surface area contributed by atoms with Crippen LogP contribution in [0.2, 0.25) is 0 Å². The van der Waals surface area contributed by atoms with E-state index in [2.05, 4.69) is 15.2 Å². The molecular weight excluding hydrogens is 206 g/mol. The van der Waals surface area contributed by atoms with Gasteiger partial charge in [-0.2, -0.15) is 0 Å². The van der Waals surface area contributed by atoms with Gasteiger partial charge in [-0.3, -0.25) is 24.8 Å². The average molecular weight is 217 g/mol. The molecule has 0 aliphatic rings. The van der Waals surface area contributed by atoms with Crippen LogP contribution in [0.25, 0.3) is 10.8 Å². The van der Waals surface area contributed by atoms with E-state index in [-0.39, 0.29) is 11.1 Å². The predicted molar refractivity (Wildman–Crippen MR) is 63.6 cm³/mol. The number of fused-ring (bicyclic) bond motifs is 1. The molecule has 0 aliphatic carbocycles. The van der Waals surface area contributed by atoms with Crippen molar-refractivity contribution in [2.75, 3.05) is 0 Å². The molecular formula is C11H11N3O2. The number of nitrogens with zero attached hydrogens (tertiary/aromatic N) is 1. The third-order valence-corrected chi connectivity index (χ3v) is 2.22. The van der Waals surface area contributed by atoms with E-state index in [1.54, 1.807) is 24.4 Å². The van der Waals surface area contributed by atoms with Gasteiger partial charge >= 0.3 is 0 Å². The van der Waals surface area contributed by atoms with Crippen LogP contribution in [0.5, 0.6) is 0 Å². The van der Waals surface area contributed by atoms with E-state index < -0.39 is 0 Å². The molecule has 0 fully saturated rings. The third kappa shape index (κ3) is 1.67. The molecule has 0 aliphatic heterocycles. The molecule has 1 aromatic carbocycles. The molecule has 1 heterocycles. The number of rotatable bonds is 2. The van der Waals surface area contributed by atoms with Crippen LogP contribution in [-0.2, 0) is 0 Å². The normalized spacial score (nSPS) is 11.3. The van der Waals surface area contributed by atoms with Gasteiger partial charge in [0.2, 0.25) is 0 Å². The molecule has 2 aromatic rings. The van der Waals surface area contributed by atoms with Crippen molar-refractivity contribution in [2.24, 2.45) is 4.99 Å². The van der Waals surface area contributed by atoms with Gasteiger partial charge in [0.1, 0.15) is 0 Å². The van der Waals surface area contributed by atoms with Crippen LogP contribution >= 0.6 is 0 Å². The molecule has 0 spiro atoms. The number of hydrogen-bond donors (Lipinski definition) is 2. The van der Waals surface area contributed by atoms with Crippen LogP contribution in [0.1, 0.15) is 13.3 Å². The van der Waals surface area contributed by atoms with E-state index in [1.807, 2.05) is 6.92 Å². The van der Waals surface area contributed by atoms with Gasteiger partial charge in [-0.15, -0.1) is 0 Å². The molecule has 0 amide bonds. The summed E-state index contributed by atoms with van der Waals surface area (Å²) in [4.78, 5) is 27.3. The number of H-pyrrole nitrogens is 2. The summed E-state index contributed by atoms with van der Waals surface area (Å²) in [6.45, 7) is 1.95. The van der Waals surface area contributed by atoms with Gasteiger partial charge < -0.3 is 0 Å². The maximum atomic E-state index is 11.6. The van der Waals surface area contributed by atoms with Crippen LogP contribution in [0.4, 0.5) is 5.69 Å². The summed E-state index contributed by atoms with van der Waals surface area (Å²) in [5, 5.41) is 5.26. The van der Waals surface area contributed by atoms with Crippen molar-refractivity contribution in [1.29, 1.82) is 0 Å². The quantitative estimate of drug-likeness (QED) is 0.744. The molecule has 16 heavy (non-hydrogen) atoms. The second-order valence-corrected chi connectivity index (χ2v) is 3.33. The second kappa shape index (κ2) is 4.14. The standard InChI is InChI=1S/C11H11N3O2/c1-2-6-12-8-5-3-4-7-9(8)11(16)14-13-10(7)15/h3-6H,2H2,1H3,(H,13,15)(H,14,16). The first-order valence-corrected chi connectivity index (χ1v) is 5.00. The Kier molecular flexibility index (Phi) is 2.68. The van der Waals surface area contributed by atoms with Crippen LogP contribution in [0.3, 0.4) is 0 Å². The lowest BCUT2D eigenvalue weighted by atomic mass is 10.1. The minimum Gasteiger partial charge on any atom is -0.267 e. The number of aromatic nitrogens is 2. The first kappa shape index (κ1) is 10.4. The van der Waals surface area contributed by atoms with E-state index in [0.29, 0.717) is 16.5 Å². The Hall–Kier alpha value is -2.17. The SMILES string of the molecule is CCC=Nc1cccc2c(=O)[nH][nH]c(=O)c12. The highest BCUT2D eigenvalue weighted by Crippen LogP contribution is 2.19. The number of nitrogens with one attached hydrogen (secondary N) is 2. The number of benzene rings is 1. The fraction of sp³-hybridized carbons (Fsp3) is 0.182.